The fourth-order valence-corrected chi connectivity index (χ4v) is 4.53. The second-order valence-electron chi connectivity index (χ2n) is 9.63. The van der Waals surface area contributed by atoms with Gasteiger partial charge in [0.2, 0.25) is 0 Å². The predicted octanol–water partition coefficient (Wildman–Crippen LogP) is 8.69. The van der Waals surface area contributed by atoms with Crippen molar-refractivity contribution in [2.75, 3.05) is 14.1 Å². The highest BCUT2D eigenvalue weighted by Gasteiger charge is 2.26. The summed E-state index contributed by atoms with van der Waals surface area (Å²) in [5.74, 6) is 0. The molecule has 0 amide bonds. The Kier molecular flexibility index (Phi) is 14.9. The molecule has 1 nitrogen and oxygen atoms in total. The zero-order valence-electron chi connectivity index (χ0n) is 20.0. The Morgan fingerprint density at radius 2 is 1.24 bits per heavy atom. The van der Waals surface area contributed by atoms with Gasteiger partial charge in [-0.1, -0.05) is 120 Å². The molecule has 1 unspecified atom stereocenters. The number of benzene rings is 1. The second-order valence-corrected chi connectivity index (χ2v) is 9.63. The van der Waals surface area contributed by atoms with E-state index in [2.05, 4.69) is 64.0 Å². The van der Waals surface area contributed by atoms with Crippen molar-refractivity contribution in [1.29, 1.82) is 0 Å². The van der Waals surface area contributed by atoms with E-state index in [0.717, 1.165) is 17.4 Å². The van der Waals surface area contributed by atoms with Gasteiger partial charge in [0.1, 0.15) is 6.54 Å². The highest BCUT2D eigenvalue weighted by molar-refractivity contribution is 5.13. The lowest BCUT2D eigenvalue weighted by molar-refractivity contribution is -0.928. The highest BCUT2D eigenvalue weighted by Crippen LogP contribution is 2.22. The summed E-state index contributed by atoms with van der Waals surface area (Å²) in [5, 5.41) is 0. The van der Waals surface area contributed by atoms with Gasteiger partial charge in [-0.25, -0.2) is 0 Å². The van der Waals surface area contributed by atoms with Gasteiger partial charge in [-0.2, -0.15) is 0 Å². The molecule has 1 aromatic carbocycles. The third kappa shape index (κ3) is 13.0. The Morgan fingerprint density at radius 3 is 1.72 bits per heavy atom. The minimum absolute atomic E-state index is 0.681. The first-order valence-electron chi connectivity index (χ1n) is 12.6. The van der Waals surface area contributed by atoms with E-state index in [-0.39, 0.29) is 0 Å². The Labute approximate surface area is 183 Å². The van der Waals surface area contributed by atoms with Gasteiger partial charge in [0, 0.05) is 12.0 Å². The van der Waals surface area contributed by atoms with Crippen LogP contribution >= 0.6 is 0 Å². The van der Waals surface area contributed by atoms with Crippen molar-refractivity contribution in [3.63, 3.8) is 0 Å². The van der Waals surface area contributed by atoms with Gasteiger partial charge in [0.05, 0.1) is 20.1 Å². The molecule has 0 radical (unpaired) electrons. The minimum Gasteiger partial charge on any atom is -0.322 e. The maximum absolute atomic E-state index is 4.02. The molecular weight excluding hydrogens is 350 g/mol. The van der Waals surface area contributed by atoms with Crippen molar-refractivity contribution < 1.29 is 4.48 Å². The number of rotatable bonds is 19. The van der Waals surface area contributed by atoms with Gasteiger partial charge in [0.15, 0.2) is 0 Å². The molecule has 1 aromatic rings. The maximum Gasteiger partial charge on any atom is 0.104 e. The number of hydrogen-bond acceptors (Lipinski definition) is 0. The molecule has 0 N–H and O–H groups in total. The molecule has 166 valence electrons. The van der Waals surface area contributed by atoms with E-state index in [1.54, 1.807) is 0 Å². The third-order valence-corrected chi connectivity index (χ3v) is 6.50. The van der Waals surface area contributed by atoms with E-state index in [4.69, 9.17) is 0 Å². The van der Waals surface area contributed by atoms with E-state index in [1.165, 1.54) is 95.5 Å². The summed E-state index contributed by atoms with van der Waals surface area (Å²) in [7, 11) is 4.78. The second kappa shape index (κ2) is 16.7. The van der Waals surface area contributed by atoms with Crippen LogP contribution in [0.1, 0.15) is 109 Å². The Bertz CT molecular complexity index is 490. The van der Waals surface area contributed by atoms with Crippen molar-refractivity contribution in [1.82, 2.24) is 0 Å². The predicted molar refractivity (Wildman–Crippen MR) is 131 cm³/mol. The Morgan fingerprint density at radius 1 is 0.759 bits per heavy atom. The van der Waals surface area contributed by atoms with E-state index in [0.29, 0.717) is 6.04 Å². The molecule has 0 fully saturated rings. The van der Waals surface area contributed by atoms with Crippen molar-refractivity contribution in [3.8, 4) is 0 Å². The molecule has 1 atom stereocenters. The number of nitrogens with zero attached hydrogens (tertiary/aromatic N) is 1. The first-order valence-corrected chi connectivity index (χ1v) is 12.6. The largest absolute Gasteiger partial charge is 0.322 e. The first kappa shape index (κ1) is 26.0. The quantitative estimate of drug-likeness (QED) is 0.124. The molecule has 29 heavy (non-hydrogen) atoms. The highest BCUT2D eigenvalue weighted by atomic mass is 15.3. The molecule has 0 aliphatic carbocycles. The van der Waals surface area contributed by atoms with Gasteiger partial charge < -0.3 is 4.48 Å². The number of quaternary nitrogens is 1. The van der Waals surface area contributed by atoms with Gasteiger partial charge in [-0.15, -0.1) is 6.58 Å². The smallest absolute Gasteiger partial charge is 0.104 e. The van der Waals surface area contributed by atoms with E-state index in [1.807, 2.05) is 0 Å². The van der Waals surface area contributed by atoms with Crippen LogP contribution in [0.5, 0.6) is 0 Å². The van der Waals surface area contributed by atoms with Crippen LogP contribution in [-0.2, 0) is 6.54 Å². The van der Waals surface area contributed by atoms with Crippen LogP contribution in [0.25, 0.3) is 0 Å². The summed E-state index contributed by atoms with van der Waals surface area (Å²) < 4.78 is 1.06. The molecular formula is C28H50N+. The summed E-state index contributed by atoms with van der Waals surface area (Å²) >= 11 is 0. The average molecular weight is 401 g/mol. The van der Waals surface area contributed by atoms with Crippen molar-refractivity contribution >= 4 is 0 Å². The summed E-state index contributed by atoms with van der Waals surface area (Å²) in [6.07, 6.45) is 23.2. The lowest BCUT2D eigenvalue weighted by atomic mass is 9.99. The summed E-state index contributed by atoms with van der Waals surface area (Å²) in [6.45, 7) is 7.43. The summed E-state index contributed by atoms with van der Waals surface area (Å²) in [6, 6.07) is 11.6. The topological polar surface area (TPSA) is 0 Å². The van der Waals surface area contributed by atoms with Crippen LogP contribution in [-0.4, -0.2) is 24.6 Å². The number of unbranched alkanes of at least 4 members (excludes halogenated alkanes) is 12. The van der Waals surface area contributed by atoms with Crippen LogP contribution in [0.2, 0.25) is 0 Å². The molecule has 0 spiro atoms. The summed E-state index contributed by atoms with van der Waals surface area (Å²) in [5.41, 5.74) is 1.44. The third-order valence-electron chi connectivity index (χ3n) is 6.50. The average Bonchev–Trinajstić information content (AvgIpc) is 2.71. The SMILES string of the molecule is C=CCC(CCCCCCCCCCCCCCC)[N+](C)(C)Cc1ccccc1. The van der Waals surface area contributed by atoms with Crippen LogP contribution in [0, 0.1) is 0 Å². The van der Waals surface area contributed by atoms with E-state index >= 15 is 0 Å². The van der Waals surface area contributed by atoms with Crippen LogP contribution in [0.3, 0.4) is 0 Å². The Balaban J connectivity index is 2.11. The van der Waals surface area contributed by atoms with Gasteiger partial charge in [0.25, 0.3) is 0 Å². The molecule has 0 aromatic heterocycles. The van der Waals surface area contributed by atoms with E-state index < -0.39 is 0 Å². The van der Waals surface area contributed by atoms with Gasteiger partial charge in [-0.3, -0.25) is 0 Å². The zero-order chi connectivity index (χ0) is 21.2. The molecule has 0 bridgehead atoms. The molecule has 0 saturated carbocycles. The molecule has 1 rings (SSSR count). The lowest BCUT2D eigenvalue weighted by Crippen LogP contribution is -2.47. The van der Waals surface area contributed by atoms with Gasteiger partial charge in [-0.05, 0) is 12.8 Å². The zero-order valence-corrected chi connectivity index (χ0v) is 20.0. The fourth-order valence-electron chi connectivity index (χ4n) is 4.53. The Hall–Kier alpha value is -1.08. The molecule has 0 aliphatic heterocycles. The van der Waals surface area contributed by atoms with Crippen LogP contribution in [0.15, 0.2) is 43.0 Å². The van der Waals surface area contributed by atoms with Crippen molar-refractivity contribution in [2.45, 2.75) is 116 Å². The monoisotopic (exact) mass is 400 g/mol. The lowest BCUT2D eigenvalue weighted by Gasteiger charge is -2.38. The van der Waals surface area contributed by atoms with E-state index in [9.17, 15) is 0 Å². The fraction of sp³-hybridized carbons (Fsp3) is 0.714. The maximum atomic E-state index is 4.02. The molecule has 0 saturated heterocycles. The van der Waals surface area contributed by atoms with Crippen LogP contribution in [0.4, 0.5) is 0 Å². The standard InChI is InChI=1S/C28H50N/c1-5-7-8-9-10-11-12-13-14-15-16-17-21-25-28(22-6-2)29(3,4)26-27-23-19-18-20-24-27/h6,18-20,23-24,28H,2,5,7-17,21-22,25-26H2,1,3-4H3/q+1. The molecule has 1 heteroatoms. The van der Waals surface area contributed by atoms with Crippen LogP contribution < -0.4 is 0 Å². The summed E-state index contributed by atoms with van der Waals surface area (Å²) in [4.78, 5) is 0. The molecule has 0 aliphatic rings. The first-order chi connectivity index (χ1) is 14.1. The van der Waals surface area contributed by atoms with Crippen molar-refractivity contribution in [3.05, 3.63) is 48.6 Å². The molecule has 0 heterocycles. The normalized spacial score (nSPS) is 12.8. The van der Waals surface area contributed by atoms with Crippen molar-refractivity contribution in [2.24, 2.45) is 0 Å². The van der Waals surface area contributed by atoms with Gasteiger partial charge >= 0.3 is 0 Å². The minimum atomic E-state index is 0.681. The number of hydrogen-bond donors (Lipinski definition) is 0.